The van der Waals surface area contributed by atoms with E-state index in [-0.39, 0.29) is 12.4 Å². The van der Waals surface area contributed by atoms with Gasteiger partial charge in [-0.3, -0.25) is 14.4 Å². The monoisotopic (exact) mass is 474 g/mol. The molecule has 1 atom stereocenters. The van der Waals surface area contributed by atoms with E-state index in [1.807, 2.05) is 47.0 Å². The second-order valence-electron chi connectivity index (χ2n) is 6.86. The number of hydrogen-bond donors (Lipinski definition) is 0. The summed E-state index contributed by atoms with van der Waals surface area (Å²) in [7, 11) is 1.38. The molecule has 0 spiro atoms. The normalized spacial score (nSPS) is 15.0. The van der Waals surface area contributed by atoms with Gasteiger partial charge in [0.05, 0.1) is 18.5 Å². The van der Waals surface area contributed by atoms with Gasteiger partial charge in [-0.1, -0.05) is 60.1 Å². The molecule has 1 aliphatic rings. The van der Waals surface area contributed by atoms with E-state index in [0.717, 1.165) is 27.7 Å². The molecule has 0 amide bonds. The number of carbonyl (C=O) groups excluding carboxylic acids is 1. The molecule has 9 heteroatoms. The fraction of sp³-hybridized carbons (Fsp3) is 0.273. The van der Waals surface area contributed by atoms with Crippen LogP contribution in [0.5, 0.6) is 0 Å². The van der Waals surface area contributed by atoms with E-state index in [2.05, 4.69) is 17.1 Å². The molecule has 4 rings (SSSR count). The lowest BCUT2D eigenvalue weighted by molar-refractivity contribution is -0.140. The number of hydrogen-bond acceptors (Lipinski definition) is 6. The zero-order valence-electron chi connectivity index (χ0n) is 17.0. The SMILES string of the molecule is CCSc1nnc2n1-c1ccc(Cl)cc1C(c1ccccc1Cl)=N[C@H]2CCC(=O)OC. The number of aromatic nitrogens is 3. The van der Waals surface area contributed by atoms with Crippen LogP contribution in [0.3, 0.4) is 0 Å². The van der Waals surface area contributed by atoms with Crippen molar-refractivity contribution in [1.29, 1.82) is 0 Å². The lowest BCUT2D eigenvalue weighted by Crippen LogP contribution is -2.09. The molecule has 1 aliphatic heterocycles. The number of halogens is 2. The summed E-state index contributed by atoms with van der Waals surface area (Å²) in [5.74, 6) is 1.21. The molecule has 0 aliphatic carbocycles. The fourth-order valence-electron chi connectivity index (χ4n) is 3.54. The van der Waals surface area contributed by atoms with Gasteiger partial charge in [-0.25, -0.2) is 0 Å². The number of nitrogens with zero attached hydrogens (tertiary/aromatic N) is 4. The third-order valence-corrected chi connectivity index (χ3v) is 6.32. The van der Waals surface area contributed by atoms with E-state index < -0.39 is 6.04 Å². The van der Waals surface area contributed by atoms with Crippen LogP contribution in [0.4, 0.5) is 0 Å². The number of carbonyl (C=O) groups is 1. The van der Waals surface area contributed by atoms with Crippen molar-refractivity contribution in [3.63, 3.8) is 0 Å². The van der Waals surface area contributed by atoms with Crippen molar-refractivity contribution in [2.45, 2.75) is 31.0 Å². The predicted molar refractivity (Wildman–Crippen MR) is 124 cm³/mol. The van der Waals surface area contributed by atoms with Crippen LogP contribution in [-0.4, -0.2) is 39.3 Å². The Bertz CT molecular complexity index is 1160. The van der Waals surface area contributed by atoms with Crippen LogP contribution in [0.25, 0.3) is 5.69 Å². The predicted octanol–water partition coefficient (Wildman–Crippen LogP) is 5.53. The summed E-state index contributed by atoms with van der Waals surface area (Å²) in [6.07, 6.45) is 0.637. The highest BCUT2D eigenvalue weighted by Crippen LogP contribution is 2.37. The molecule has 3 aromatic rings. The Labute approximate surface area is 194 Å². The Morgan fingerprint density at radius 3 is 2.71 bits per heavy atom. The van der Waals surface area contributed by atoms with Gasteiger partial charge in [-0.05, 0) is 36.4 Å². The summed E-state index contributed by atoms with van der Waals surface area (Å²) < 4.78 is 6.85. The van der Waals surface area contributed by atoms with Crippen molar-refractivity contribution in [2.24, 2.45) is 4.99 Å². The van der Waals surface area contributed by atoms with Crippen LogP contribution in [0, 0.1) is 0 Å². The summed E-state index contributed by atoms with van der Waals surface area (Å²) in [6, 6.07) is 12.8. The maximum atomic E-state index is 11.9. The topological polar surface area (TPSA) is 69.4 Å². The van der Waals surface area contributed by atoms with Crippen LogP contribution in [-0.2, 0) is 9.53 Å². The van der Waals surface area contributed by atoms with Gasteiger partial charge in [0.1, 0.15) is 6.04 Å². The highest BCUT2D eigenvalue weighted by Gasteiger charge is 2.30. The van der Waals surface area contributed by atoms with Gasteiger partial charge >= 0.3 is 5.97 Å². The molecule has 2 heterocycles. The average molecular weight is 475 g/mol. The van der Waals surface area contributed by atoms with E-state index in [9.17, 15) is 4.79 Å². The summed E-state index contributed by atoms with van der Waals surface area (Å²) in [6.45, 7) is 2.06. The van der Waals surface area contributed by atoms with Crippen LogP contribution in [0.1, 0.15) is 42.8 Å². The number of fused-ring (bicyclic) bond motifs is 3. The smallest absolute Gasteiger partial charge is 0.305 e. The molecule has 0 unspecified atom stereocenters. The van der Waals surface area contributed by atoms with Crippen molar-refractivity contribution >= 4 is 46.6 Å². The number of ether oxygens (including phenoxy) is 1. The van der Waals surface area contributed by atoms with Gasteiger partial charge < -0.3 is 4.74 Å². The molecular weight excluding hydrogens is 455 g/mol. The van der Waals surface area contributed by atoms with Crippen molar-refractivity contribution in [2.75, 3.05) is 12.9 Å². The quantitative estimate of drug-likeness (QED) is 0.346. The van der Waals surface area contributed by atoms with E-state index in [4.69, 9.17) is 32.9 Å². The summed E-state index contributed by atoms with van der Waals surface area (Å²) in [4.78, 5) is 16.9. The molecule has 160 valence electrons. The Hall–Kier alpha value is -2.35. The van der Waals surface area contributed by atoms with Crippen LogP contribution < -0.4 is 0 Å². The highest BCUT2D eigenvalue weighted by atomic mass is 35.5. The summed E-state index contributed by atoms with van der Waals surface area (Å²) >= 11 is 14.5. The standard InChI is InChI=1S/C22H20Cl2N4O2S/c1-3-31-22-27-26-21-17(9-11-19(29)30-2)25-20(14-6-4-5-7-16(14)24)15-12-13(23)8-10-18(15)28(21)22/h4-8,10,12,17H,3,9,11H2,1-2H3/t17-/m0/s1. The van der Waals surface area contributed by atoms with E-state index in [0.29, 0.717) is 28.0 Å². The molecule has 0 bridgehead atoms. The maximum Gasteiger partial charge on any atom is 0.305 e. The first-order valence-corrected chi connectivity index (χ1v) is 11.6. The lowest BCUT2D eigenvalue weighted by atomic mass is 10.00. The van der Waals surface area contributed by atoms with Gasteiger partial charge in [-0.2, -0.15) is 0 Å². The molecule has 6 nitrogen and oxygen atoms in total. The first-order valence-electron chi connectivity index (χ1n) is 9.81. The lowest BCUT2D eigenvalue weighted by Gasteiger charge is -2.14. The third-order valence-electron chi connectivity index (χ3n) is 4.95. The number of esters is 1. The molecule has 2 aromatic carbocycles. The summed E-state index contributed by atoms with van der Waals surface area (Å²) in [5.41, 5.74) is 3.20. The van der Waals surface area contributed by atoms with Gasteiger partial charge in [0.2, 0.25) is 0 Å². The molecule has 0 saturated heterocycles. The number of aliphatic imine (C=N–C) groups is 1. The van der Waals surface area contributed by atoms with E-state index in [1.165, 1.54) is 7.11 Å². The molecular formula is C22H20Cl2N4O2S. The Kier molecular flexibility index (Phi) is 6.65. The summed E-state index contributed by atoms with van der Waals surface area (Å²) in [5, 5.41) is 10.8. The Morgan fingerprint density at radius 2 is 1.97 bits per heavy atom. The zero-order chi connectivity index (χ0) is 22.0. The second kappa shape index (κ2) is 9.42. The van der Waals surface area contributed by atoms with Gasteiger partial charge in [0, 0.05) is 27.6 Å². The van der Waals surface area contributed by atoms with Crippen LogP contribution >= 0.6 is 35.0 Å². The number of thioether (sulfide) groups is 1. The van der Waals surface area contributed by atoms with Crippen LogP contribution in [0.2, 0.25) is 10.0 Å². The Morgan fingerprint density at radius 1 is 1.16 bits per heavy atom. The van der Waals surface area contributed by atoms with Gasteiger partial charge in [0.25, 0.3) is 0 Å². The van der Waals surface area contributed by atoms with Crippen molar-refractivity contribution in [3.8, 4) is 5.69 Å². The largest absolute Gasteiger partial charge is 0.469 e. The van der Waals surface area contributed by atoms with Gasteiger partial charge in [0.15, 0.2) is 11.0 Å². The molecule has 0 saturated carbocycles. The first-order chi connectivity index (χ1) is 15.0. The molecule has 0 N–H and O–H groups in total. The Balaban J connectivity index is 1.96. The second-order valence-corrected chi connectivity index (χ2v) is 8.93. The van der Waals surface area contributed by atoms with E-state index >= 15 is 0 Å². The zero-order valence-corrected chi connectivity index (χ0v) is 19.3. The van der Waals surface area contributed by atoms with E-state index in [1.54, 1.807) is 11.8 Å². The van der Waals surface area contributed by atoms with Crippen LogP contribution in [0.15, 0.2) is 52.6 Å². The molecule has 0 fully saturated rings. The maximum absolute atomic E-state index is 11.9. The number of rotatable bonds is 6. The minimum atomic E-state index is -0.407. The average Bonchev–Trinajstić information content (AvgIpc) is 3.12. The van der Waals surface area contributed by atoms with Crippen molar-refractivity contribution in [1.82, 2.24) is 14.8 Å². The molecule has 0 radical (unpaired) electrons. The minimum absolute atomic E-state index is 0.209. The van der Waals surface area contributed by atoms with Gasteiger partial charge in [-0.15, -0.1) is 10.2 Å². The molecule has 1 aromatic heterocycles. The highest BCUT2D eigenvalue weighted by molar-refractivity contribution is 7.99. The number of benzene rings is 2. The van der Waals surface area contributed by atoms with Crippen molar-refractivity contribution in [3.05, 3.63) is 69.5 Å². The van der Waals surface area contributed by atoms with Crippen molar-refractivity contribution < 1.29 is 9.53 Å². The first kappa shape index (κ1) is 21.9. The fourth-order valence-corrected chi connectivity index (χ4v) is 4.62. The third kappa shape index (κ3) is 4.35. The number of methoxy groups -OCH3 is 1. The minimum Gasteiger partial charge on any atom is -0.469 e. The molecule has 31 heavy (non-hydrogen) atoms.